The summed E-state index contributed by atoms with van der Waals surface area (Å²) in [4.78, 5) is 32.9. The van der Waals surface area contributed by atoms with Gasteiger partial charge in [-0.15, -0.1) is 0 Å². The van der Waals surface area contributed by atoms with Gasteiger partial charge < -0.3 is 14.2 Å². The second-order valence-electron chi connectivity index (χ2n) is 6.04. The lowest BCUT2D eigenvalue weighted by atomic mass is 10.1. The first-order valence-electron chi connectivity index (χ1n) is 8.05. The molecule has 2 aromatic heterocycles. The van der Waals surface area contributed by atoms with Gasteiger partial charge in [0.05, 0.1) is 6.10 Å². The highest BCUT2D eigenvalue weighted by Crippen LogP contribution is 2.22. The third-order valence-corrected chi connectivity index (χ3v) is 4.33. The van der Waals surface area contributed by atoms with E-state index in [0.29, 0.717) is 17.1 Å². The van der Waals surface area contributed by atoms with Crippen molar-refractivity contribution in [3.63, 3.8) is 0 Å². The Morgan fingerprint density at radius 1 is 1.30 bits per heavy atom. The van der Waals surface area contributed by atoms with Crippen LogP contribution in [0.25, 0.3) is 11.2 Å². The molecular formula is C15H23N5O3. The zero-order valence-corrected chi connectivity index (χ0v) is 13.8. The lowest BCUT2D eigenvalue weighted by Crippen LogP contribution is -2.41. The molecule has 126 valence electrons. The molecule has 0 amide bonds. The SMILES string of the molecule is CCCO[C@@H]1CCCN(c2nc3c(c(=O)[nH]c(=O)n3C)n2C)C1. The monoisotopic (exact) mass is 321 g/mol. The van der Waals surface area contributed by atoms with Gasteiger partial charge in [0.25, 0.3) is 5.56 Å². The van der Waals surface area contributed by atoms with E-state index in [9.17, 15) is 9.59 Å². The van der Waals surface area contributed by atoms with Crippen LogP contribution in [0.3, 0.4) is 0 Å². The van der Waals surface area contributed by atoms with Crippen LogP contribution in [0.15, 0.2) is 9.59 Å². The molecule has 1 aliphatic heterocycles. The number of piperidine rings is 1. The zero-order valence-electron chi connectivity index (χ0n) is 13.8. The molecule has 0 spiro atoms. The van der Waals surface area contributed by atoms with Gasteiger partial charge in [0.2, 0.25) is 5.95 Å². The summed E-state index contributed by atoms with van der Waals surface area (Å²) in [5, 5.41) is 0. The van der Waals surface area contributed by atoms with E-state index in [2.05, 4.69) is 21.8 Å². The van der Waals surface area contributed by atoms with Crippen molar-refractivity contribution in [2.45, 2.75) is 32.3 Å². The van der Waals surface area contributed by atoms with Crippen LogP contribution in [-0.2, 0) is 18.8 Å². The summed E-state index contributed by atoms with van der Waals surface area (Å²) < 4.78 is 8.99. The normalized spacial score (nSPS) is 18.7. The molecule has 1 aliphatic rings. The molecule has 23 heavy (non-hydrogen) atoms. The molecule has 0 radical (unpaired) electrons. The largest absolute Gasteiger partial charge is 0.376 e. The van der Waals surface area contributed by atoms with Crippen molar-refractivity contribution >= 4 is 17.1 Å². The Hall–Kier alpha value is -2.09. The number of nitrogens with one attached hydrogen (secondary N) is 1. The summed E-state index contributed by atoms with van der Waals surface area (Å²) >= 11 is 0. The number of imidazole rings is 1. The van der Waals surface area contributed by atoms with Crippen molar-refractivity contribution in [2.24, 2.45) is 14.1 Å². The van der Waals surface area contributed by atoms with Crippen LogP contribution in [0.1, 0.15) is 26.2 Å². The molecule has 1 fully saturated rings. The molecule has 8 nitrogen and oxygen atoms in total. The molecule has 0 saturated carbocycles. The van der Waals surface area contributed by atoms with Crippen LogP contribution in [0.5, 0.6) is 0 Å². The number of nitrogens with zero attached hydrogens (tertiary/aromatic N) is 4. The van der Waals surface area contributed by atoms with E-state index in [1.807, 2.05) is 0 Å². The number of fused-ring (bicyclic) bond motifs is 1. The van der Waals surface area contributed by atoms with Crippen LogP contribution in [0, 0.1) is 0 Å². The number of aromatic nitrogens is 4. The summed E-state index contributed by atoms with van der Waals surface area (Å²) in [5.74, 6) is 0.705. The van der Waals surface area contributed by atoms with Crippen molar-refractivity contribution in [3.05, 3.63) is 20.8 Å². The molecule has 0 unspecified atom stereocenters. The Morgan fingerprint density at radius 2 is 2.09 bits per heavy atom. The van der Waals surface area contributed by atoms with Crippen LogP contribution < -0.4 is 16.1 Å². The topological polar surface area (TPSA) is 85.2 Å². The van der Waals surface area contributed by atoms with Gasteiger partial charge in [-0.05, 0) is 19.3 Å². The minimum absolute atomic E-state index is 0.186. The summed E-state index contributed by atoms with van der Waals surface area (Å²) in [6.07, 6.45) is 3.25. The van der Waals surface area contributed by atoms with Gasteiger partial charge >= 0.3 is 5.69 Å². The number of hydrogen-bond donors (Lipinski definition) is 1. The molecule has 1 atom stereocenters. The average molecular weight is 321 g/mol. The van der Waals surface area contributed by atoms with Gasteiger partial charge in [-0.25, -0.2) is 4.79 Å². The first kappa shape index (κ1) is 15.8. The predicted octanol–water partition coefficient (Wildman–Crippen LogP) is 0.356. The van der Waals surface area contributed by atoms with Crippen LogP contribution >= 0.6 is 0 Å². The fraction of sp³-hybridized carbons (Fsp3) is 0.667. The van der Waals surface area contributed by atoms with Gasteiger partial charge in [-0.3, -0.25) is 14.3 Å². The highest BCUT2D eigenvalue weighted by molar-refractivity contribution is 5.74. The number of anilines is 1. The zero-order chi connectivity index (χ0) is 16.6. The van der Waals surface area contributed by atoms with Crippen molar-refractivity contribution in [1.82, 2.24) is 19.1 Å². The van der Waals surface area contributed by atoms with Crippen LogP contribution in [0.2, 0.25) is 0 Å². The number of rotatable bonds is 4. The predicted molar refractivity (Wildman–Crippen MR) is 88.1 cm³/mol. The van der Waals surface area contributed by atoms with Gasteiger partial charge in [0.1, 0.15) is 0 Å². The third-order valence-electron chi connectivity index (χ3n) is 4.33. The quantitative estimate of drug-likeness (QED) is 0.878. The second-order valence-corrected chi connectivity index (χ2v) is 6.04. The van der Waals surface area contributed by atoms with E-state index in [1.54, 1.807) is 18.7 Å². The Kier molecular flexibility index (Phi) is 4.25. The number of aromatic amines is 1. The van der Waals surface area contributed by atoms with Gasteiger partial charge in [0.15, 0.2) is 11.2 Å². The fourth-order valence-corrected chi connectivity index (χ4v) is 3.12. The van der Waals surface area contributed by atoms with Gasteiger partial charge in [-0.1, -0.05) is 6.92 Å². The van der Waals surface area contributed by atoms with Gasteiger partial charge in [0, 0.05) is 33.8 Å². The Balaban J connectivity index is 1.98. The van der Waals surface area contributed by atoms with E-state index in [-0.39, 0.29) is 6.10 Å². The summed E-state index contributed by atoms with van der Waals surface area (Å²) in [6, 6.07) is 0. The van der Waals surface area contributed by atoms with Gasteiger partial charge in [-0.2, -0.15) is 4.98 Å². The molecule has 0 aliphatic carbocycles. The molecular weight excluding hydrogens is 298 g/mol. The fourth-order valence-electron chi connectivity index (χ4n) is 3.12. The standard InChI is InChI=1S/C15H23N5O3/c1-4-8-23-10-6-5-7-20(9-10)14-16-12-11(18(14)2)13(21)17-15(22)19(12)3/h10H,4-9H2,1-3H3,(H,17,21,22)/t10-/m1/s1. The Morgan fingerprint density at radius 3 is 2.83 bits per heavy atom. The summed E-state index contributed by atoms with van der Waals surface area (Å²) in [6.45, 7) is 4.48. The molecule has 0 aromatic carbocycles. The van der Waals surface area contributed by atoms with Crippen molar-refractivity contribution in [3.8, 4) is 0 Å². The first-order chi connectivity index (χ1) is 11.0. The minimum Gasteiger partial charge on any atom is -0.376 e. The average Bonchev–Trinajstić information content (AvgIpc) is 2.89. The maximum Gasteiger partial charge on any atom is 0.329 e. The minimum atomic E-state index is -0.449. The first-order valence-corrected chi connectivity index (χ1v) is 8.05. The third kappa shape index (κ3) is 2.78. The maximum atomic E-state index is 12.1. The molecule has 2 aromatic rings. The smallest absolute Gasteiger partial charge is 0.329 e. The second kappa shape index (κ2) is 6.19. The number of hydrogen-bond acceptors (Lipinski definition) is 5. The van der Waals surface area contributed by atoms with Crippen LogP contribution in [0.4, 0.5) is 5.95 Å². The van der Waals surface area contributed by atoms with Crippen molar-refractivity contribution < 1.29 is 4.74 Å². The molecule has 3 heterocycles. The van der Waals surface area contributed by atoms with E-state index >= 15 is 0 Å². The van der Waals surface area contributed by atoms with Crippen molar-refractivity contribution in [1.29, 1.82) is 0 Å². The molecule has 1 saturated heterocycles. The lowest BCUT2D eigenvalue weighted by Gasteiger charge is -2.33. The highest BCUT2D eigenvalue weighted by Gasteiger charge is 2.25. The van der Waals surface area contributed by atoms with E-state index in [1.165, 1.54) is 4.57 Å². The van der Waals surface area contributed by atoms with Crippen molar-refractivity contribution in [2.75, 3.05) is 24.6 Å². The lowest BCUT2D eigenvalue weighted by molar-refractivity contribution is 0.0437. The Bertz CT molecular complexity index is 819. The molecule has 8 heteroatoms. The molecule has 0 bridgehead atoms. The number of ether oxygens (including phenoxy) is 1. The number of H-pyrrole nitrogens is 1. The molecule has 3 rings (SSSR count). The van der Waals surface area contributed by atoms with Crippen LogP contribution in [-0.4, -0.2) is 44.9 Å². The summed E-state index contributed by atoms with van der Waals surface area (Å²) in [5.41, 5.74) is -0.0263. The Labute approximate surface area is 133 Å². The van der Waals surface area contributed by atoms with E-state index < -0.39 is 11.2 Å². The highest BCUT2D eigenvalue weighted by atomic mass is 16.5. The number of aryl methyl sites for hydroxylation is 2. The maximum absolute atomic E-state index is 12.1. The van der Waals surface area contributed by atoms with E-state index in [0.717, 1.165) is 39.0 Å². The summed E-state index contributed by atoms with van der Waals surface area (Å²) in [7, 11) is 3.42. The molecule has 1 N–H and O–H groups in total. The van der Waals surface area contributed by atoms with E-state index in [4.69, 9.17) is 4.74 Å².